The molecule has 0 radical (unpaired) electrons. The minimum Gasteiger partial charge on any atom is -0.355 e. The molecule has 5 nitrogen and oxygen atoms in total. The predicted molar refractivity (Wildman–Crippen MR) is 76.9 cm³/mol. The van der Waals surface area contributed by atoms with E-state index in [0.717, 1.165) is 25.6 Å². The van der Waals surface area contributed by atoms with Crippen molar-refractivity contribution in [3.8, 4) is 0 Å². The van der Waals surface area contributed by atoms with Gasteiger partial charge in [-0.1, -0.05) is 30.3 Å². The van der Waals surface area contributed by atoms with Crippen LogP contribution in [0.4, 0.5) is 0 Å². The number of aromatic nitrogens is 2. The van der Waals surface area contributed by atoms with Crippen molar-refractivity contribution >= 4 is 5.96 Å². The summed E-state index contributed by atoms with van der Waals surface area (Å²) >= 11 is 0. The Balaban J connectivity index is 1.72. The van der Waals surface area contributed by atoms with Crippen LogP contribution in [0.3, 0.4) is 0 Å². The van der Waals surface area contributed by atoms with Gasteiger partial charge >= 0.3 is 0 Å². The maximum atomic E-state index is 4.19. The van der Waals surface area contributed by atoms with Gasteiger partial charge in [0.1, 0.15) is 0 Å². The van der Waals surface area contributed by atoms with Gasteiger partial charge in [0.15, 0.2) is 5.96 Å². The van der Waals surface area contributed by atoms with Crippen molar-refractivity contribution in [2.75, 3.05) is 13.6 Å². The van der Waals surface area contributed by atoms with Gasteiger partial charge in [0.2, 0.25) is 0 Å². The number of nitrogens with zero attached hydrogens (tertiary/aromatic N) is 3. The molecule has 2 rings (SSSR count). The molecule has 2 aromatic rings. The average Bonchev–Trinajstić information content (AvgIpc) is 2.97. The van der Waals surface area contributed by atoms with Crippen LogP contribution in [0.1, 0.15) is 5.56 Å². The SMILES string of the molecule is CN=C(NCCn1ccnc1)NCc1ccccc1. The third-order valence-electron chi connectivity index (χ3n) is 2.75. The maximum Gasteiger partial charge on any atom is 0.191 e. The summed E-state index contributed by atoms with van der Waals surface area (Å²) in [4.78, 5) is 8.20. The molecule has 0 aliphatic rings. The van der Waals surface area contributed by atoms with Gasteiger partial charge in [0.25, 0.3) is 0 Å². The molecule has 2 N–H and O–H groups in total. The first-order chi connectivity index (χ1) is 9.38. The van der Waals surface area contributed by atoms with E-state index in [2.05, 4.69) is 32.7 Å². The van der Waals surface area contributed by atoms with Crippen LogP contribution in [0.25, 0.3) is 0 Å². The monoisotopic (exact) mass is 257 g/mol. The fourth-order valence-electron chi connectivity index (χ4n) is 1.72. The molecule has 1 aromatic heterocycles. The van der Waals surface area contributed by atoms with E-state index in [1.165, 1.54) is 5.56 Å². The van der Waals surface area contributed by atoms with E-state index in [1.807, 2.05) is 35.3 Å². The number of guanidine groups is 1. The summed E-state index contributed by atoms with van der Waals surface area (Å²) in [5.41, 5.74) is 1.24. The van der Waals surface area contributed by atoms with Crippen molar-refractivity contribution in [1.29, 1.82) is 0 Å². The summed E-state index contributed by atoms with van der Waals surface area (Å²) in [5, 5.41) is 6.55. The molecule has 0 aliphatic carbocycles. The minimum absolute atomic E-state index is 0.769. The van der Waals surface area contributed by atoms with Gasteiger partial charge in [-0.2, -0.15) is 0 Å². The first-order valence-corrected chi connectivity index (χ1v) is 6.32. The second-order valence-electron chi connectivity index (χ2n) is 4.14. The van der Waals surface area contributed by atoms with Gasteiger partial charge in [-0.05, 0) is 5.56 Å². The van der Waals surface area contributed by atoms with E-state index >= 15 is 0 Å². The third kappa shape index (κ3) is 4.46. The number of imidazole rings is 1. The third-order valence-corrected chi connectivity index (χ3v) is 2.75. The largest absolute Gasteiger partial charge is 0.355 e. The first-order valence-electron chi connectivity index (χ1n) is 6.32. The summed E-state index contributed by atoms with van der Waals surface area (Å²) in [6.07, 6.45) is 5.53. The minimum atomic E-state index is 0.769. The lowest BCUT2D eigenvalue weighted by atomic mass is 10.2. The Labute approximate surface area is 113 Å². The number of rotatable bonds is 5. The normalized spacial score (nSPS) is 11.3. The molecule has 0 bridgehead atoms. The summed E-state index contributed by atoms with van der Waals surface area (Å²) in [6, 6.07) is 10.3. The molecule has 0 amide bonds. The molecular formula is C14H19N5. The maximum absolute atomic E-state index is 4.19. The fourth-order valence-corrected chi connectivity index (χ4v) is 1.72. The summed E-state index contributed by atoms with van der Waals surface area (Å²) in [6.45, 7) is 2.45. The number of hydrogen-bond acceptors (Lipinski definition) is 2. The number of aliphatic imine (C=N–C) groups is 1. The number of hydrogen-bond donors (Lipinski definition) is 2. The quantitative estimate of drug-likeness (QED) is 0.626. The van der Waals surface area contributed by atoms with Crippen LogP contribution in [0.2, 0.25) is 0 Å². The molecule has 0 atom stereocenters. The standard InChI is InChI=1S/C14H19N5/c1-15-14(17-8-10-19-9-7-16-12-19)18-11-13-5-3-2-4-6-13/h2-7,9,12H,8,10-11H2,1H3,(H2,15,17,18). The molecule has 0 unspecified atom stereocenters. The lowest BCUT2D eigenvalue weighted by Crippen LogP contribution is -2.38. The van der Waals surface area contributed by atoms with Gasteiger partial charge < -0.3 is 15.2 Å². The molecule has 1 aromatic carbocycles. The Bertz CT molecular complexity index is 490. The molecule has 0 aliphatic heterocycles. The Hall–Kier alpha value is -2.30. The van der Waals surface area contributed by atoms with Gasteiger partial charge in [-0.15, -0.1) is 0 Å². The van der Waals surface area contributed by atoms with Crippen LogP contribution in [-0.4, -0.2) is 29.1 Å². The lowest BCUT2D eigenvalue weighted by Gasteiger charge is -2.12. The molecule has 1 heterocycles. The Morgan fingerprint density at radius 2 is 2.11 bits per heavy atom. The van der Waals surface area contributed by atoms with E-state index in [9.17, 15) is 0 Å². The summed E-state index contributed by atoms with van der Waals surface area (Å²) < 4.78 is 2.03. The Morgan fingerprint density at radius 1 is 1.26 bits per heavy atom. The molecule has 100 valence electrons. The zero-order chi connectivity index (χ0) is 13.3. The molecule has 19 heavy (non-hydrogen) atoms. The fraction of sp³-hybridized carbons (Fsp3) is 0.286. The Kier molecular flexibility index (Phi) is 4.98. The van der Waals surface area contributed by atoms with Crippen molar-refractivity contribution in [2.45, 2.75) is 13.1 Å². The van der Waals surface area contributed by atoms with Crippen LogP contribution >= 0.6 is 0 Å². The highest BCUT2D eigenvalue weighted by molar-refractivity contribution is 5.79. The van der Waals surface area contributed by atoms with Crippen molar-refractivity contribution in [2.24, 2.45) is 4.99 Å². The highest BCUT2D eigenvalue weighted by Crippen LogP contribution is 1.96. The van der Waals surface area contributed by atoms with Gasteiger partial charge in [-0.3, -0.25) is 4.99 Å². The molecule has 0 fully saturated rings. The second kappa shape index (κ2) is 7.20. The summed E-state index contributed by atoms with van der Waals surface area (Å²) in [7, 11) is 1.78. The lowest BCUT2D eigenvalue weighted by molar-refractivity contribution is 0.661. The highest BCUT2D eigenvalue weighted by Gasteiger charge is 1.97. The van der Waals surface area contributed by atoms with Gasteiger partial charge in [0, 0.05) is 39.1 Å². The van der Waals surface area contributed by atoms with E-state index in [1.54, 1.807) is 13.2 Å². The van der Waals surface area contributed by atoms with Crippen LogP contribution in [0, 0.1) is 0 Å². The van der Waals surface area contributed by atoms with E-state index in [0.29, 0.717) is 0 Å². The molecule has 0 saturated heterocycles. The van der Waals surface area contributed by atoms with Crippen LogP contribution in [0.5, 0.6) is 0 Å². The Morgan fingerprint density at radius 3 is 2.79 bits per heavy atom. The molecule has 0 spiro atoms. The number of nitrogens with one attached hydrogen (secondary N) is 2. The second-order valence-corrected chi connectivity index (χ2v) is 4.14. The number of benzene rings is 1. The van der Waals surface area contributed by atoms with Crippen molar-refractivity contribution in [3.63, 3.8) is 0 Å². The van der Waals surface area contributed by atoms with Crippen molar-refractivity contribution < 1.29 is 0 Å². The topological polar surface area (TPSA) is 54.2 Å². The van der Waals surface area contributed by atoms with Gasteiger partial charge in [-0.25, -0.2) is 4.98 Å². The van der Waals surface area contributed by atoms with Crippen LogP contribution in [-0.2, 0) is 13.1 Å². The molecule has 5 heteroatoms. The predicted octanol–water partition coefficient (Wildman–Crippen LogP) is 1.25. The zero-order valence-electron chi connectivity index (χ0n) is 11.1. The van der Waals surface area contributed by atoms with Crippen LogP contribution in [0.15, 0.2) is 54.0 Å². The van der Waals surface area contributed by atoms with Gasteiger partial charge in [0.05, 0.1) is 6.33 Å². The highest BCUT2D eigenvalue weighted by atomic mass is 15.2. The summed E-state index contributed by atoms with van der Waals surface area (Å²) in [5.74, 6) is 0.809. The van der Waals surface area contributed by atoms with E-state index in [4.69, 9.17) is 0 Å². The average molecular weight is 257 g/mol. The van der Waals surface area contributed by atoms with E-state index < -0.39 is 0 Å². The molecule has 0 saturated carbocycles. The molecular weight excluding hydrogens is 238 g/mol. The first kappa shape index (κ1) is 13.1. The van der Waals surface area contributed by atoms with E-state index in [-0.39, 0.29) is 0 Å². The zero-order valence-corrected chi connectivity index (χ0v) is 11.1. The van der Waals surface area contributed by atoms with Crippen molar-refractivity contribution in [1.82, 2.24) is 20.2 Å². The van der Waals surface area contributed by atoms with Crippen molar-refractivity contribution in [3.05, 3.63) is 54.6 Å². The smallest absolute Gasteiger partial charge is 0.191 e. The van der Waals surface area contributed by atoms with Crippen LogP contribution < -0.4 is 10.6 Å².